The van der Waals surface area contributed by atoms with E-state index in [0.717, 1.165) is 29.0 Å². The van der Waals surface area contributed by atoms with Crippen molar-refractivity contribution in [2.75, 3.05) is 13.2 Å². The first-order valence-electron chi connectivity index (χ1n) is 8.34. The van der Waals surface area contributed by atoms with Gasteiger partial charge in [-0.3, -0.25) is 4.79 Å². The second-order valence-electron chi connectivity index (χ2n) is 6.26. The Morgan fingerprint density at radius 2 is 1.96 bits per heavy atom. The van der Waals surface area contributed by atoms with Crippen molar-refractivity contribution in [2.45, 2.75) is 24.7 Å². The molecule has 2 fully saturated rings. The van der Waals surface area contributed by atoms with Crippen LogP contribution in [0, 0.1) is 0 Å². The van der Waals surface area contributed by atoms with Crippen molar-refractivity contribution in [3.8, 4) is 0 Å². The predicted octanol–water partition coefficient (Wildman–Crippen LogP) is 2.77. The van der Waals surface area contributed by atoms with Gasteiger partial charge in [-0.05, 0) is 47.0 Å². The summed E-state index contributed by atoms with van der Waals surface area (Å²) in [5, 5.41) is 1.93. The summed E-state index contributed by atoms with van der Waals surface area (Å²) in [6.07, 6.45) is 4.36. The minimum Gasteiger partial charge on any atom is -0.453 e. The van der Waals surface area contributed by atoms with E-state index in [1.807, 2.05) is 30.3 Å². The predicted molar refractivity (Wildman–Crippen MR) is 92.3 cm³/mol. The van der Waals surface area contributed by atoms with E-state index in [0.29, 0.717) is 18.8 Å². The molecule has 3 unspecified atom stereocenters. The summed E-state index contributed by atoms with van der Waals surface area (Å²) >= 11 is 0. The van der Waals surface area contributed by atoms with E-state index in [-0.39, 0.29) is 24.3 Å². The van der Waals surface area contributed by atoms with Crippen molar-refractivity contribution >= 4 is 29.1 Å². The van der Waals surface area contributed by atoms with Gasteiger partial charge >= 0.3 is 5.97 Å². The van der Waals surface area contributed by atoms with E-state index in [9.17, 15) is 9.59 Å². The number of fused-ring (bicyclic) bond motifs is 2. The summed E-state index contributed by atoms with van der Waals surface area (Å²) in [6, 6.07) is 11.2. The van der Waals surface area contributed by atoms with Crippen molar-refractivity contribution in [3.05, 3.63) is 53.6 Å². The molecular weight excluding hydrogens is 320 g/mol. The van der Waals surface area contributed by atoms with Gasteiger partial charge in [0.2, 0.25) is 0 Å². The van der Waals surface area contributed by atoms with Crippen molar-refractivity contribution in [1.82, 2.24) is 0 Å². The standard InChI is InChI=1S/C20H18O5/c21-8-1-2-13-3-4-15-11-16(6-5-14(15)10-13)20(22)25-18-12-24-17-7-9-23-19(17)18/h1-6,8,10-11,17-19H,7,9,12H2/b2-1+. The lowest BCUT2D eigenvalue weighted by Gasteiger charge is -2.16. The Morgan fingerprint density at radius 3 is 2.84 bits per heavy atom. The number of aldehydes is 1. The van der Waals surface area contributed by atoms with Gasteiger partial charge in [-0.25, -0.2) is 4.79 Å². The van der Waals surface area contributed by atoms with E-state index >= 15 is 0 Å². The molecular formula is C20H18O5. The van der Waals surface area contributed by atoms with Crippen LogP contribution >= 0.6 is 0 Å². The molecule has 0 spiro atoms. The monoisotopic (exact) mass is 338 g/mol. The normalized spacial score (nSPS) is 25.4. The van der Waals surface area contributed by atoms with E-state index in [1.54, 1.807) is 12.1 Å². The smallest absolute Gasteiger partial charge is 0.338 e. The molecule has 0 N–H and O–H groups in total. The lowest BCUT2D eigenvalue weighted by Crippen LogP contribution is -2.32. The van der Waals surface area contributed by atoms with Gasteiger partial charge in [0.25, 0.3) is 0 Å². The fourth-order valence-electron chi connectivity index (χ4n) is 3.38. The number of rotatable bonds is 4. The number of carbonyl (C=O) groups excluding carboxylic acids is 2. The minimum absolute atomic E-state index is 0.0484. The van der Waals surface area contributed by atoms with Crippen LogP contribution in [0.2, 0.25) is 0 Å². The van der Waals surface area contributed by atoms with Crippen LogP contribution in [0.15, 0.2) is 42.5 Å². The zero-order chi connectivity index (χ0) is 17.2. The number of allylic oxidation sites excluding steroid dienone is 1. The third kappa shape index (κ3) is 3.21. The number of carbonyl (C=O) groups is 2. The van der Waals surface area contributed by atoms with Gasteiger partial charge < -0.3 is 14.2 Å². The van der Waals surface area contributed by atoms with Crippen molar-refractivity contribution in [1.29, 1.82) is 0 Å². The molecule has 5 heteroatoms. The third-order valence-electron chi connectivity index (χ3n) is 4.65. The van der Waals surface area contributed by atoms with Gasteiger partial charge in [0.15, 0.2) is 6.10 Å². The molecule has 4 rings (SSSR count). The topological polar surface area (TPSA) is 61.8 Å². The fraction of sp³-hybridized carbons (Fsp3) is 0.300. The fourth-order valence-corrected chi connectivity index (χ4v) is 3.38. The summed E-state index contributed by atoms with van der Waals surface area (Å²) in [4.78, 5) is 22.9. The van der Waals surface area contributed by atoms with E-state index in [4.69, 9.17) is 14.2 Å². The molecule has 2 aliphatic rings. The van der Waals surface area contributed by atoms with Gasteiger partial charge in [0, 0.05) is 6.61 Å². The molecule has 0 aromatic heterocycles. The molecule has 2 saturated heterocycles. The molecule has 0 saturated carbocycles. The minimum atomic E-state index is -0.364. The van der Waals surface area contributed by atoms with Crippen LogP contribution < -0.4 is 0 Å². The highest BCUT2D eigenvalue weighted by molar-refractivity contribution is 5.96. The second-order valence-corrected chi connectivity index (χ2v) is 6.26. The molecule has 128 valence electrons. The van der Waals surface area contributed by atoms with Gasteiger partial charge in [-0.15, -0.1) is 0 Å². The lowest BCUT2D eigenvalue weighted by molar-refractivity contribution is -0.104. The van der Waals surface area contributed by atoms with E-state index in [2.05, 4.69) is 0 Å². The first-order chi connectivity index (χ1) is 12.2. The molecule has 2 heterocycles. The molecule has 0 radical (unpaired) electrons. The van der Waals surface area contributed by atoms with Crippen LogP contribution in [-0.4, -0.2) is 43.8 Å². The Morgan fingerprint density at radius 1 is 1.12 bits per heavy atom. The Balaban J connectivity index is 1.51. The molecule has 25 heavy (non-hydrogen) atoms. The Kier molecular flexibility index (Phi) is 4.34. The number of ether oxygens (including phenoxy) is 3. The SMILES string of the molecule is O=C/C=C/c1ccc2cc(C(=O)OC3COC4CCOC43)ccc2c1. The van der Waals surface area contributed by atoms with Crippen LogP contribution in [0.3, 0.4) is 0 Å². The molecule has 3 atom stereocenters. The van der Waals surface area contributed by atoms with Crippen LogP contribution in [0.25, 0.3) is 16.8 Å². The van der Waals surface area contributed by atoms with Crippen molar-refractivity contribution in [3.63, 3.8) is 0 Å². The van der Waals surface area contributed by atoms with Crippen LogP contribution in [-0.2, 0) is 19.0 Å². The maximum absolute atomic E-state index is 12.5. The third-order valence-corrected chi connectivity index (χ3v) is 4.65. The highest BCUT2D eigenvalue weighted by Crippen LogP contribution is 2.29. The maximum Gasteiger partial charge on any atom is 0.338 e. The van der Waals surface area contributed by atoms with E-state index < -0.39 is 0 Å². The summed E-state index contributed by atoms with van der Waals surface area (Å²) < 4.78 is 16.8. The molecule has 2 aliphatic heterocycles. The second kappa shape index (κ2) is 6.78. The number of hydrogen-bond donors (Lipinski definition) is 0. The van der Waals surface area contributed by atoms with Crippen LogP contribution in [0.5, 0.6) is 0 Å². The average molecular weight is 338 g/mol. The first-order valence-corrected chi connectivity index (χ1v) is 8.34. The Labute approximate surface area is 145 Å². The number of benzene rings is 2. The molecule has 2 aromatic carbocycles. The average Bonchev–Trinajstić information content (AvgIpc) is 3.24. The van der Waals surface area contributed by atoms with E-state index in [1.165, 1.54) is 6.08 Å². The summed E-state index contributed by atoms with van der Waals surface area (Å²) in [5.74, 6) is -0.364. The van der Waals surface area contributed by atoms with Gasteiger partial charge in [-0.1, -0.05) is 24.3 Å². The highest BCUT2D eigenvalue weighted by atomic mass is 16.6. The molecule has 0 aliphatic carbocycles. The van der Waals surface area contributed by atoms with Crippen LogP contribution in [0.1, 0.15) is 22.3 Å². The molecule has 0 bridgehead atoms. The molecule has 5 nitrogen and oxygen atoms in total. The Hall–Kier alpha value is -2.50. The quantitative estimate of drug-likeness (QED) is 0.487. The largest absolute Gasteiger partial charge is 0.453 e. The highest BCUT2D eigenvalue weighted by Gasteiger charge is 2.44. The Bertz CT molecular complexity index is 841. The van der Waals surface area contributed by atoms with Gasteiger partial charge in [0.1, 0.15) is 12.4 Å². The zero-order valence-electron chi connectivity index (χ0n) is 13.6. The molecule has 0 amide bonds. The zero-order valence-corrected chi connectivity index (χ0v) is 13.6. The van der Waals surface area contributed by atoms with Gasteiger partial charge in [0.05, 0.1) is 18.3 Å². The van der Waals surface area contributed by atoms with Gasteiger partial charge in [-0.2, -0.15) is 0 Å². The van der Waals surface area contributed by atoms with Crippen LogP contribution in [0.4, 0.5) is 0 Å². The lowest BCUT2D eigenvalue weighted by atomic mass is 10.0. The summed E-state index contributed by atoms with van der Waals surface area (Å²) in [7, 11) is 0. The summed E-state index contributed by atoms with van der Waals surface area (Å²) in [6.45, 7) is 1.04. The maximum atomic E-state index is 12.5. The first kappa shape index (κ1) is 16.0. The summed E-state index contributed by atoms with van der Waals surface area (Å²) in [5.41, 5.74) is 1.44. The van der Waals surface area contributed by atoms with Crippen molar-refractivity contribution in [2.24, 2.45) is 0 Å². The number of hydrogen-bond acceptors (Lipinski definition) is 5. The molecule has 2 aromatic rings. The van der Waals surface area contributed by atoms with Crippen molar-refractivity contribution < 1.29 is 23.8 Å². The number of esters is 1.